The summed E-state index contributed by atoms with van der Waals surface area (Å²) in [5.41, 5.74) is 2.05. The fourth-order valence-electron chi connectivity index (χ4n) is 0.299. The maximum Gasteiger partial charge on any atom is 0.0644 e. The number of aliphatic hydroxyl groups excluding tert-OH is 1. The van der Waals surface area contributed by atoms with E-state index in [1.807, 2.05) is 13.8 Å². The van der Waals surface area contributed by atoms with Crippen molar-refractivity contribution in [2.24, 2.45) is 0 Å². The Balaban J connectivity index is 4.03. The number of rotatable bonds is 2. The van der Waals surface area contributed by atoms with Gasteiger partial charge in [0.25, 0.3) is 0 Å². The highest BCUT2D eigenvalue weighted by Gasteiger charge is 1.86. The van der Waals surface area contributed by atoms with Gasteiger partial charge in [-0.15, -0.1) is 0 Å². The minimum absolute atomic E-state index is 0.137. The number of allylic oxidation sites excluding steroid dienone is 2. The quantitative estimate of drug-likeness (QED) is 0.537. The third-order valence-corrected chi connectivity index (χ3v) is 1.22. The molecule has 1 N–H and O–H groups in total. The lowest BCUT2D eigenvalue weighted by Crippen LogP contribution is -1.86. The number of hydrogen-bond acceptors (Lipinski definition) is 1. The van der Waals surface area contributed by atoms with E-state index in [9.17, 15) is 0 Å². The molecule has 1 heteroatoms. The Morgan fingerprint density at radius 2 is 2.12 bits per heavy atom. The Labute approximate surface area is 50.3 Å². The van der Waals surface area contributed by atoms with Crippen LogP contribution in [0.15, 0.2) is 23.8 Å². The maximum atomic E-state index is 8.53. The molecule has 0 radical (unpaired) electrons. The molecule has 0 atom stereocenters. The van der Waals surface area contributed by atoms with Crippen LogP contribution in [0.1, 0.15) is 13.8 Å². The van der Waals surface area contributed by atoms with Gasteiger partial charge in [0.15, 0.2) is 0 Å². The molecule has 0 rings (SSSR count). The van der Waals surface area contributed by atoms with E-state index in [0.29, 0.717) is 0 Å². The molecule has 0 aliphatic heterocycles. The van der Waals surface area contributed by atoms with Crippen LogP contribution in [0, 0.1) is 0 Å². The van der Waals surface area contributed by atoms with Gasteiger partial charge in [-0.3, -0.25) is 0 Å². The third-order valence-electron chi connectivity index (χ3n) is 1.22. The van der Waals surface area contributed by atoms with Crippen LogP contribution in [-0.4, -0.2) is 11.7 Å². The van der Waals surface area contributed by atoms with E-state index < -0.39 is 0 Å². The van der Waals surface area contributed by atoms with E-state index in [1.165, 1.54) is 0 Å². The zero-order valence-electron chi connectivity index (χ0n) is 5.44. The molecule has 0 heterocycles. The van der Waals surface area contributed by atoms with Crippen molar-refractivity contribution in [1.29, 1.82) is 0 Å². The predicted octanol–water partition coefficient (Wildman–Crippen LogP) is 1.50. The first-order valence-electron chi connectivity index (χ1n) is 2.62. The zero-order chi connectivity index (χ0) is 6.57. The lowest BCUT2D eigenvalue weighted by Gasteiger charge is -1.95. The van der Waals surface area contributed by atoms with Gasteiger partial charge in [-0.2, -0.15) is 0 Å². The summed E-state index contributed by atoms with van der Waals surface area (Å²) in [6, 6.07) is 0. The monoisotopic (exact) mass is 112 g/mol. The van der Waals surface area contributed by atoms with Crippen LogP contribution < -0.4 is 0 Å². The molecule has 0 aliphatic carbocycles. The minimum Gasteiger partial charge on any atom is -0.392 e. The first-order valence-corrected chi connectivity index (χ1v) is 2.62. The van der Waals surface area contributed by atoms with E-state index in [1.54, 1.807) is 6.08 Å². The molecule has 0 amide bonds. The fourth-order valence-corrected chi connectivity index (χ4v) is 0.299. The lowest BCUT2D eigenvalue weighted by molar-refractivity contribution is 0.330. The molecule has 0 unspecified atom stereocenters. The highest BCUT2D eigenvalue weighted by atomic mass is 16.3. The third kappa shape index (κ3) is 1.94. The first kappa shape index (κ1) is 7.44. The Hall–Kier alpha value is -0.560. The second kappa shape index (κ2) is 3.44. The standard InChI is InChI=1S/C7H12O/c1-4-6(2)7(3)5-8/h4,8H,1,5H2,2-3H3/b7-6+. The highest BCUT2D eigenvalue weighted by molar-refractivity contribution is 5.20. The van der Waals surface area contributed by atoms with Gasteiger partial charge < -0.3 is 5.11 Å². The Kier molecular flexibility index (Phi) is 3.20. The highest BCUT2D eigenvalue weighted by Crippen LogP contribution is 2.01. The summed E-state index contributed by atoms with van der Waals surface area (Å²) in [6.45, 7) is 7.51. The molecule has 0 aromatic heterocycles. The van der Waals surface area contributed by atoms with Crippen LogP contribution in [0.25, 0.3) is 0 Å². The summed E-state index contributed by atoms with van der Waals surface area (Å²) >= 11 is 0. The van der Waals surface area contributed by atoms with Gasteiger partial charge in [0, 0.05) is 0 Å². The molecule has 0 saturated carbocycles. The summed E-state index contributed by atoms with van der Waals surface area (Å²) in [7, 11) is 0. The molecule has 0 aliphatic rings. The van der Waals surface area contributed by atoms with Crippen molar-refractivity contribution in [1.82, 2.24) is 0 Å². The van der Waals surface area contributed by atoms with Gasteiger partial charge in [0.2, 0.25) is 0 Å². The van der Waals surface area contributed by atoms with Crippen molar-refractivity contribution >= 4 is 0 Å². The van der Waals surface area contributed by atoms with Crippen LogP contribution in [0.3, 0.4) is 0 Å². The summed E-state index contributed by atoms with van der Waals surface area (Å²) < 4.78 is 0. The summed E-state index contributed by atoms with van der Waals surface area (Å²) in [4.78, 5) is 0. The molecular formula is C7H12O. The van der Waals surface area contributed by atoms with E-state index in [-0.39, 0.29) is 6.61 Å². The zero-order valence-corrected chi connectivity index (χ0v) is 5.44. The Morgan fingerprint density at radius 3 is 2.25 bits per heavy atom. The van der Waals surface area contributed by atoms with Crippen LogP contribution in [-0.2, 0) is 0 Å². The van der Waals surface area contributed by atoms with Crippen molar-refractivity contribution < 1.29 is 5.11 Å². The molecule has 0 bridgehead atoms. The van der Waals surface area contributed by atoms with Gasteiger partial charge in [0.1, 0.15) is 0 Å². The maximum absolute atomic E-state index is 8.53. The number of aliphatic hydroxyl groups is 1. The van der Waals surface area contributed by atoms with Gasteiger partial charge in [-0.1, -0.05) is 18.2 Å². The van der Waals surface area contributed by atoms with E-state index in [4.69, 9.17) is 5.11 Å². The molecule has 0 aromatic carbocycles. The van der Waals surface area contributed by atoms with E-state index in [0.717, 1.165) is 11.1 Å². The number of hydrogen-bond donors (Lipinski definition) is 1. The smallest absolute Gasteiger partial charge is 0.0644 e. The predicted molar refractivity (Wildman–Crippen MR) is 35.7 cm³/mol. The van der Waals surface area contributed by atoms with Crippen LogP contribution >= 0.6 is 0 Å². The summed E-state index contributed by atoms with van der Waals surface area (Å²) in [5, 5.41) is 8.53. The molecule has 0 aromatic rings. The lowest BCUT2D eigenvalue weighted by atomic mass is 10.2. The molecule has 0 spiro atoms. The van der Waals surface area contributed by atoms with Crippen molar-refractivity contribution in [3.63, 3.8) is 0 Å². The van der Waals surface area contributed by atoms with Crippen LogP contribution in [0.4, 0.5) is 0 Å². The van der Waals surface area contributed by atoms with Gasteiger partial charge in [-0.05, 0) is 19.4 Å². The van der Waals surface area contributed by atoms with Crippen molar-refractivity contribution in [3.8, 4) is 0 Å². The van der Waals surface area contributed by atoms with Gasteiger partial charge in [-0.25, -0.2) is 0 Å². The average molecular weight is 112 g/mol. The normalized spacial score (nSPS) is 12.9. The summed E-state index contributed by atoms with van der Waals surface area (Å²) in [6.07, 6.45) is 1.74. The SMILES string of the molecule is C=C/C(C)=C(\C)CO. The molecule has 1 nitrogen and oxygen atoms in total. The molecule has 8 heavy (non-hydrogen) atoms. The van der Waals surface area contributed by atoms with Gasteiger partial charge in [0.05, 0.1) is 6.61 Å². The second-order valence-electron chi connectivity index (χ2n) is 1.83. The largest absolute Gasteiger partial charge is 0.392 e. The van der Waals surface area contributed by atoms with Crippen LogP contribution in [0.2, 0.25) is 0 Å². The van der Waals surface area contributed by atoms with E-state index in [2.05, 4.69) is 6.58 Å². The van der Waals surface area contributed by atoms with Crippen LogP contribution in [0.5, 0.6) is 0 Å². The minimum atomic E-state index is 0.137. The molecular weight excluding hydrogens is 100 g/mol. The average Bonchev–Trinajstić information content (AvgIpc) is 1.84. The van der Waals surface area contributed by atoms with Gasteiger partial charge >= 0.3 is 0 Å². The molecule has 0 fully saturated rings. The first-order chi connectivity index (χ1) is 3.72. The molecule has 46 valence electrons. The van der Waals surface area contributed by atoms with Crippen molar-refractivity contribution in [3.05, 3.63) is 23.8 Å². The summed E-state index contributed by atoms with van der Waals surface area (Å²) in [5.74, 6) is 0. The Morgan fingerprint density at radius 1 is 1.62 bits per heavy atom. The van der Waals surface area contributed by atoms with Crippen molar-refractivity contribution in [2.75, 3.05) is 6.61 Å². The topological polar surface area (TPSA) is 20.2 Å². The second-order valence-corrected chi connectivity index (χ2v) is 1.83. The van der Waals surface area contributed by atoms with Crippen molar-refractivity contribution in [2.45, 2.75) is 13.8 Å². The molecule has 0 saturated heterocycles. The van der Waals surface area contributed by atoms with E-state index >= 15 is 0 Å². The Bertz CT molecular complexity index is 112. The fraction of sp³-hybridized carbons (Fsp3) is 0.429.